The quantitative estimate of drug-likeness (QED) is 0.154. The molecule has 1 aliphatic rings. The summed E-state index contributed by atoms with van der Waals surface area (Å²) in [6.45, 7) is -0.567. The Kier molecular flexibility index (Phi) is 11.1. The fourth-order valence-corrected chi connectivity index (χ4v) is 1.77. The monoisotopic (exact) mass is 404 g/mol. The first kappa shape index (κ1) is 24.1. The number of imide groups is 1. The zero-order valence-corrected chi connectivity index (χ0v) is 14.9. The van der Waals surface area contributed by atoms with Crippen molar-refractivity contribution in [3.63, 3.8) is 0 Å². The lowest BCUT2D eigenvalue weighted by Crippen LogP contribution is -2.49. The van der Waals surface area contributed by atoms with Gasteiger partial charge in [0.25, 0.3) is 11.8 Å². The van der Waals surface area contributed by atoms with Crippen molar-refractivity contribution in [1.82, 2.24) is 16.0 Å². The van der Waals surface area contributed by atoms with E-state index in [1.165, 1.54) is 12.2 Å². The van der Waals surface area contributed by atoms with Crippen LogP contribution in [-0.2, 0) is 28.8 Å². The molecule has 1 aliphatic heterocycles. The van der Waals surface area contributed by atoms with E-state index in [1.807, 2.05) is 5.32 Å². The van der Waals surface area contributed by atoms with Gasteiger partial charge in [0.15, 0.2) is 0 Å². The highest BCUT2D eigenvalue weighted by molar-refractivity contribution is 7.80. The van der Waals surface area contributed by atoms with Crippen molar-refractivity contribution < 1.29 is 39.0 Å². The van der Waals surface area contributed by atoms with Gasteiger partial charge in [0, 0.05) is 24.3 Å². The van der Waals surface area contributed by atoms with Crippen LogP contribution in [0.3, 0.4) is 0 Å². The minimum atomic E-state index is -1.22. The highest BCUT2D eigenvalue weighted by Gasteiger charge is 2.20. The largest absolute Gasteiger partial charge is 0.480 e. The number of carbonyl (C=O) groups excluding carboxylic acids is 4. The zero-order chi connectivity index (χ0) is 21.0. The van der Waals surface area contributed by atoms with Crippen molar-refractivity contribution in [2.45, 2.75) is 24.9 Å². The Morgan fingerprint density at radius 2 is 1.70 bits per heavy atom. The van der Waals surface area contributed by atoms with E-state index in [9.17, 15) is 28.8 Å². The molecule has 2 unspecified atom stereocenters. The molecular formula is C14H20N4O8S. The molecule has 0 saturated heterocycles. The highest BCUT2D eigenvalue weighted by Crippen LogP contribution is 1.97. The van der Waals surface area contributed by atoms with E-state index in [4.69, 9.17) is 15.9 Å². The maximum absolute atomic E-state index is 11.5. The van der Waals surface area contributed by atoms with Gasteiger partial charge in [-0.25, -0.2) is 0 Å². The number of nitrogens with one attached hydrogen (secondary N) is 3. The molecule has 0 aliphatic carbocycles. The van der Waals surface area contributed by atoms with Crippen LogP contribution in [-0.4, -0.2) is 70.2 Å². The summed E-state index contributed by atoms with van der Waals surface area (Å²) in [6.07, 6.45) is 2.16. The number of hydrogen-bond acceptors (Lipinski definition) is 8. The molecule has 1 heterocycles. The summed E-state index contributed by atoms with van der Waals surface area (Å²) in [7, 11) is 0. The normalized spacial score (nSPS) is 14.3. The molecule has 7 N–H and O–H groups in total. The molecule has 0 bridgehead atoms. The van der Waals surface area contributed by atoms with Crippen LogP contribution >= 0.6 is 12.6 Å². The molecule has 0 saturated carbocycles. The molecule has 12 nitrogen and oxygen atoms in total. The van der Waals surface area contributed by atoms with E-state index in [2.05, 4.69) is 23.3 Å². The molecule has 0 aromatic heterocycles. The van der Waals surface area contributed by atoms with Crippen molar-refractivity contribution in [2.24, 2.45) is 5.73 Å². The van der Waals surface area contributed by atoms with Gasteiger partial charge in [-0.05, 0) is 6.42 Å². The number of nitrogens with two attached hydrogens (primary N) is 1. The average Bonchev–Trinajstić information content (AvgIpc) is 2.98. The van der Waals surface area contributed by atoms with Gasteiger partial charge in [-0.2, -0.15) is 12.6 Å². The SMILES string of the molecule is NC(CCC(=O)NC(CS)C(=O)NCC(=O)O)C(=O)O.O=C1C=CC(=O)N1. The van der Waals surface area contributed by atoms with E-state index >= 15 is 0 Å². The summed E-state index contributed by atoms with van der Waals surface area (Å²) in [5, 5.41) is 23.4. The topological polar surface area (TPSA) is 205 Å². The van der Waals surface area contributed by atoms with Crippen LogP contribution in [0, 0.1) is 0 Å². The summed E-state index contributed by atoms with van der Waals surface area (Å²) >= 11 is 3.87. The van der Waals surface area contributed by atoms with Gasteiger partial charge in [-0.3, -0.25) is 34.1 Å². The number of carbonyl (C=O) groups is 6. The van der Waals surface area contributed by atoms with Crippen LogP contribution in [0.1, 0.15) is 12.8 Å². The predicted molar refractivity (Wildman–Crippen MR) is 93.6 cm³/mol. The van der Waals surface area contributed by atoms with E-state index in [-0.39, 0.29) is 30.4 Å². The first-order valence-electron chi connectivity index (χ1n) is 7.48. The highest BCUT2D eigenvalue weighted by atomic mass is 32.1. The van der Waals surface area contributed by atoms with Crippen molar-refractivity contribution in [3.8, 4) is 0 Å². The van der Waals surface area contributed by atoms with Crippen molar-refractivity contribution in [2.75, 3.05) is 12.3 Å². The standard InChI is InChI=1S/C10H17N3O6S.C4H3NO2/c11-5(10(18)19)1-2-7(14)13-6(4-20)9(17)12-3-8(15)16;6-3-1-2-4(7)5-3/h5-6,20H,1-4,11H2,(H,12,17)(H,13,14)(H,15,16)(H,18,19);1-2H,(H,5,6,7). The minimum Gasteiger partial charge on any atom is -0.480 e. The van der Waals surface area contributed by atoms with Crippen LogP contribution in [0.4, 0.5) is 0 Å². The molecule has 0 fully saturated rings. The lowest BCUT2D eigenvalue weighted by Gasteiger charge is -2.16. The number of amides is 4. The lowest BCUT2D eigenvalue weighted by atomic mass is 10.1. The summed E-state index contributed by atoms with van der Waals surface area (Å²) in [5.74, 6) is -4.36. The molecule has 0 spiro atoms. The second-order valence-electron chi connectivity index (χ2n) is 5.08. The van der Waals surface area contributed by atoms with Gasteiger partial charge in [-0.15, -0.1) is 0 Å². The summed E-state index contributed by atoms with van der Waals surface area (Å²) in [4.78, 5) is 63.8. The smallest absolute Gasteiger partial charge is 0.322 e. The average molecular weight is 404 g/mol. The molecule has 2 atom stereocenters. The van der Waals surface area contributed by atoms with Gasteiger partial charge >= 0.3 is 11.9 Å². The van der Waals surface area contributed by atoms with E-state index in [0.717, 1.165) is 0 Å². The van der Waals surface area contributed by atoms with Crippen LogP contribution in [0.15, 0.2) is 12.2 Å². The fraction of sp³-hybridized carbons (Fsp3) is 0.429. The van der Waals surface area contributed by atoms with Gasteiger partial charge < -0.3 is 26.6 Å². The molecule has 1 rings (SSSR count). The first-order valence-corrected chi connectivity index (χ1v) is 8.11. The van der Waals surface area contributed by atoms with Crippen molar-refractivity contribution in [1.29, 1.82) is 0 Å². The molecule has 4 amide bonds. The predicted octanol–water partition coefficient (Wildman–Crippen LogP) is -3.01. The molecule has 27 heavy (non-hydrogen) atoms. The molecule has 0 aromatic carbocycles. The Bertz CT molecular complexity index is 621. The van der Waals surface area contributed by atoms with E-state index < -0.39 is 42.4 Å². The number of thiol groups is 1. The van der Waals surface area contributed by atoms with Gasteiger partial charge in [0.05, 0.1) is 0 Å². The van der Waals surface area contributed by atoms with Gasteiger partial charge in [0.1, 0.15) is 18.6 Å². The van der Waals surface area contributed by atoms with E-state index in [0.29, 0.717) is 0 Å². The molecule has 13 heteroatoms. The Morgan fingerprint density at radius 3 is 2.07 bits per heavy atom. The number of carboxylic acids is 2. The Hall–Kier alpha value is -2.93. The maximum atomic E-state index is 11.5. The third-order valence-corrected chi connectivity index (χ3v) is 3.25. The lowest BCUT2D eigenvalue weighted by molar-refractivity contribution is -0.139. The van der Waals surface area contributed by atoms with Crippen molar-refractivity contribution in [3.05, 3.63) is 12.2 Å². The van der Waals surface area contributed by atoms with Crippen LogP contribution in [0.2, 0.25) is 0 Å². The summed E-state index contributed by atoms with van der Waals surface area (Å²) < 4.78 is 0. The van der Waals surface area contributed by atoms with Crippen LogP contribution < -0.4 is 21.7 Å². The number of rotatable bonds is 9. The second kappa shape index (κ2) is 12.4. The maximum Gasteiger partial charge on any atom is 0.322 e. The molecular weight excluding hydrogens is 384 g/mol. The summed E-state index contributed by atoms with van der Waals surface area (Å²) in [5.41, 5.74) is 5.23. The molecule has 0 aromatic rings. The van der Waals surface area contributed by atoms with Crippen molar-refractivity contribution >= 4 is 48.2 Å². The minimum absolute atomic E-state index is 0.0256. The third-order valence-electron chi connectivity index (χ3n) is 2.88. The second-order valence-corrected chi connectivity index (χ2v) is 5.45. The Labute approximate surface area is 158 Å². The first-order chi connectivity index (χ1) is 12.6. The number of carboxylic acid groups (broad SMARTS) is 2. The number of aliphatic carboxylic acids is 2. The van der Waals surface area contributed by atoms with Crippen LogP contribution in [0.25, 0.3) is 0 Å². The summed E-state index contributed by atoms with van der Waals surface area (Å²) in [6, 6.07) is -2.15. The molecule has 0 radical (unpaired) electrons. The van der Waals surface area contributed by atoms with E-state index in [1.54, 1.807) is 0 Å². The zero-order valence-electron chi connectivity index (χ0n) is 14.0. The van der Waals surface area contributed by atoms with Crippen LogP contribution in [0.5, 0.6) is 0 Å². The molecule has 150 valence electrons. The van der Waals surface area contributed by atoms with Gasteiger partial charge in [-0.1, -0.05) is 0 Å². The third kappa shape index (κ3) is 11.3. The fourth-order valence-electron chi connectivity index (χ4n) is 1.51. The Balaban J connectivity index is 0.000000797. The Morgan fingerprint density at radius 1 is 1.15 bits per heavy atom. The van der Waals surface area contributed by atoms with Gasteiger partial charge in [0.2, 0.25) is 11.8 Å². The number of hydrogen-bond donors (Lipinski definition) is 7.